The molecular formula is C13H13F2N3O. The van der Waals surface area contributed by atoms with Crippen LogP contribution in [-0.4, -0.2) is 17.0 Å². The van der Waals surface area contributed by atoms with Gasteiger partial charge in [-0.15, -0.1) is 0 Å². The Labute approximate surface area is 109 Å². The lowest BCUT2D eigenvalue weighted by Gasteiger charge is -2.08. The highest BCUT2D eigenvalue weighted by atomic mass is 19.2. The first-order valence-corrected chi connectivity index (χ1v) is 5.81. The first-order chi connectivity index (χ1) is 9.12. The van der Waals surface area contributed by atoms with Gasteiger partial charge in [0.05, 0.1) is 0 Å². The van der Waals surface area contributed by atoms with Crippen LogP contribution in [0, 0.1) is 11.6 Å². The van der Waals surface area contributed by atoms with Crippen molar-refractivity contribution < 1.29 is 13.5 Å². The van der Waals surface area contributed by atoms with Crippen molar-refractivity contribution in [2.45, 2.75) is 13.3 Å². The van der Waals surface area contributed by atoms with E-state index in [4.69, 9.17) is 4.74 Å². The van der Waals surface area contributed by atoms with Crippen molar-refractivity contribution in [3.05, 3.63) is 41.7 Å². The van der Waals surface area contributed by atoms with Gasteiger partial charge in [-0.25, -0.2) is 13.8 Å². The maximum Gasteiger partial charge on any atom is 0.224 e. The zero-order valence-corrected chi connectivity index (χ0v) is 10.6. The summed E-state index contributed by atoms with van der Waals surface area (Å²) in [5, 5.41) is 2.88. The Hall–Kier alpha value is -2.24. The van der Waals surface area contributed by atoms with Gasteiger partial charge in [-0.1, -0.05) is 6.92 Å². The van der Waals surface area contributed by atoms with Gasteiger partial charge in [0.25, 0.3) is 0 Å². The molecule has 0 saturated heterocycles. The number of hydrogen-bond donors (Lipinski definition) is 1. The molecule has 2 aromatic rings. The molecule has 1 aromatic carbocycles. The molecule has 0 atom stereocenters. The molecule has 0 bridgehead atoms. The number of nitrogens with one attached hydrogen (secondary N) is 1. The molecule has 0 saturated carbocycles. The standard InChI is InChI=1S/C13H13F2N3O/c1-3-11-17-12(16-2)7-13(18-11)19-8-4-5-9(14)10(15)6-8/h4-7H,3H2,1-2H3,(H,16,17,18). The van der Waals surface area contributed by atoms with E-state index in [1.807, 2.05) is 6.92 Å². The van der Waals surface area contributed by atoms with E-state index >= 15 is 0 Å². The van der Waals surface area contributed by atoms with Gasteiger partial charge in [0.2, 0.25) is 5.88 Å². The fraction of sp³-hybridized carbons (Fsp3) is 0.231. The van der Waals surface area contributed by atoms with Crippen molar-refractivity contribution in [3.63, 3.8) is 0 Å². The second-order valence-electron chi connectivity index (χ2n) is 3.79. The molecule has 0 spiro atoms. The van der Waals surface area contributed by atoms with Crippen LogP contribution in [0.2, 0.25) is 0 Å². The Morgan fingerprint density at radius 3 is 2.58 bits per heavy atom. The van der Waals surface area contributed by atoms with Crippen molar-refractivity contribution in [2.75, 3.05) is 12.4 Å². The topological polar surface area (TPSA) is 47.0 Å². The van der Waals surface area contributed by atoms with E-state index in [2.05, 4.69) is 15.3 Å². The molecular weight excluding hydrogens is 252 g/mol. The largest absolute Gasteiger partial charge is 0.439 e. The summed E-state index contributed by atoms with van der Waals surface area (Å²) in [6.45, 7) is 1.91. The lowest BCUT2D eigenvalue weighted by Crippen LogP contribution is -2.01. The summed E-state index contributed by atoms with van der Waals surface area (Å²) in [5.41, 5.74) is 0. The number of anilines is 1. The minimum absolute atomic E-state index is 0.182. The van der Waals surface area contributed by atoms with Crippen LogP contribution in [0.3, 0.4) is 0 Å². The lowest BCUT2D eigenvalue weighted by molar-refractivity contribution is 0.445. The molecule has 6 heteroatoms. The average molecular weight is 265 g/mol. The zero-order chi connectivity index (χ0) is 13.8. The van der Waals surface area contributed by atoms with E-state index in [0.717, 1.165) is 12.1 Å². The van der Waals surface area contributed by atoms with E-state index in [1.54, 1.807) is 13.1 Å². The fourth-order valence-electron chi connectivity index (χ4n) is 1.47. The summed E-state index contributed by atoms with van der Waals surface area (Å²) >= 11 is 0. The summed E-state index contributed by atoms with van der Waals surface area (Å²) in [5.74, 6) is -0.214. The van der Waals surface area contributed by atoms with Crippen molar-refractivity contribution in [1.29, 1.82) is 0 Å². The maximum atomic E-state index is 13.1. The average Bonchev–Trinajstić information content (AvgIpc) is 2.42. The molecule has 0 amide bonds. The molecule has 1 aromatic heterocycles. The molecule has 100 valence electrons. The molecule has 0 fully saturated rings. The number of ether oxygens (including phenoxy) is 1. The Kier molecular flexibility index (Phi) is 3.89. The molecule has 1 N–H and O–H groups in total. The van der Waals surface area contributed by atoms with Gasteiger partial charge in [0.1, 0.15) is 17.4 Å². The Morgan fingerprint density at radius 2 is 1.95 bits per heavy atom. The first-order valence-electron chi connectivity index (χ1n) is 5.81. The summed E-state index contributed by atoms with van der Waals surface area (Å²) in [7, 11) is 1.73. The smallest absolute Gasteiger partial charge is 0.224 e. The zero-order valence-electron chi connectivity index (χ0n) is 10.6. The number of halogens is 2. The second kappa shape index (κ2) is 5.60. The van der Waals surface area contributed by atoms with Crippen molar-refractivity contribution in [3.8, 4) is 11.6 Å². The van der Waals surface area contributed by atoms with Gasteiger partial charge in [-0.2, -0.15) is 4.98 Å². The number of benzene rings is 1. The third kappa shape index (κ3) is 3.15. The van der Waals surface area contributed by atoms with E-state index < -0.39 is 11.6 Å². The van der Waals surface area contributed by atoms with Crippen molar-refractivity contribution in [2.24, 2.45) is 0 Å². The quantitative estimate of drug-likeness (QED) is 0.922. The van der Waals surface area contributed by atoms with Crippen LogP contribution in [0.4, 0.5) is 14.6 Å². The summed E-state index contributed by atoms with van der Waals surface area (Å²) < 4.78 is 31.3. The molecule has 4 nitrogen and oxygen atoms in total. The Bertz CT molecular complexity index is 568. The Morgan fingerprint density at radius 1 is 1.16 bits per heavy atom. The van der Waals surface area contributed by atoms with Crippen molar-refractivity contribution in [1.82, 2.24) is 9.97 Å². The molecule has 2 rings (SSSR count). The number of aromatic nitrogens is 2. The predicted octanol–water partition coefficient (Wildman–Crippen LogP) is 3.15. The second-order valence-corrected chi connectivity index (χ2v) is 3.79. The summed E-state index contributed by atoms with van der Waals surface area (Å²) in [4.78, 5) is 8.37. The van der Waals surface area contributed by atoms with Crippen molar-refractivity contribution >= 4 is 5.82 Å². The minimum Gasteiger partial charge on any atom is -0.439 e. The molecule has 0 unspecified atom stereocenters. The minimum atomic E-state index is -0.962. The van der Waals surface area contributed by atoms with Crippen LogP contribution in [-0.2, 0) is 6.42 Å². The van der Waals surface area contributed by atoms with Crippen LogP contribution < -0.4 is 10.1 Å². The van der Waals surface area contributed by atoms with E-state index in [1.165, 1.54) is 6.07 Å². The third-order valence-corrected chi connectivity index (χ3v) is 2.43. The predicted molar refractivity (Wildman–Crippen MR) is 67.4 cm³/mol. The SMILES string of the molecule is CCc1nc(NC)cc(Oc2ccc(F)c(F)c2)n1. The molecule has 0 aliphatic rings. The van der Waals surface area contributed by atoms with Crippen LogP contribution in [0.25, 0.3) is 0 Å². The highest BCUT2D eigenvalue weighted by Gasteiger charge is 2.07. The van der Waals surface area contributed by atoms with Gasteiger partial charge in [-0.3, -0.25) is 0 Å². The number of hydrogen-bond acceptors (Lipinski definition) is 4. The highest BCUT2D eigenvalue weighted by molar-refractivity contribution is 5.39. The molecule has 0 radical (unpaired) electrons. The van der Waals surface area contributed by atoms with E-state index in [0.29, 0.717) is 18.1 Å². The van der Waals surface area contributed by atoms with Gasteiger partial charge in [0.15, 0.2) is 11.6 Å². The molecule has 1 heterocycles. The van der Waals surface area contributed by atoms with Crippen LogP contribution in [0.1, 0.15) is 12.7 Å². The highest BCUT2D eigenvalue weighted by Crippen LogP contribution is 2.23. The molecule has 0 aliphatic carbocycles. The maximum absolute atomic E-state index is 13.1. The summed E-state index contributed by atoms with van der Waals surface area (Å²) in [6.07, 6.45) is 0.643. The Balaban J connectivity index is 2.29. The van der Waals surface area contributed by atoms with Crippen LogP contribution in [0.5, 0.6) is 11.6 Å². The van der Waals surface area contributed by atoms with E-state index in [9.17, 15) is 8.78 Å². The number of nitrogens with zero attached hydrogens (tertiary/aromatic N) is 2. The monoisotopic (exact) mass is 265 g/mol. The summed E-state index contributed by atoms with van der Waals surface area (Å²) in [6, 6.07) is 4.90. The van der Waals surface area contributed by atoms with Gasteiger partial charge in [-0.05, 0) is 12.1 Å². The number of aryl methyl sites for hydroxylation is 1. The van der Waals surface area contributed by atoms with Gasteiger partial charge >= 0.3 is 0 Å². The normalized spacial score (nSPS) is 10.3. The first kappa shape index (κ1) is 13.2. The number of rotatable bonds is 4. The fourth-order valence-corrected chi connectivity index (χ4v) is 1.47. The molecule has 0 aliphatic heterocycles. The van der Waals surface area contributed by atoms with Gasteiger partial charge in [0, 0.05) is 25.6 Å². The lowest BCUT2D eigenvalue weighted by atomic mass is 10.3. The van der Waals surface area contributed by atoms with Crippen LogP contribution in [0.15, 0.2) is 24.3 Å². The van der Waals surface area contributed by atoms with Gasteiger partial charge < -0.3 is 10.1 Å². The van der Waals surface area contributed by atoms with Crippen LogP contribution >= 0.6 is 0 Å². The third-order valence-electron chi connectivity index (χ3n) is 2.43. The van der Waals surface area contributed by atoms with E-state index in [-0.39, 0.29) is 11.6 Å². The molecule has 19 heavy (non-hydrogen) atoms.